The number of nitrogens with one attached hydrogen (secondary N) is 1. The summed E-state index contributed by atoms with van der Waals surface area (Å²) < 4.78 is 70.3. The van der Waals surface area contributed by atoms with Gasteiger partial charge in [0.1, 0.15) is 28.8 Å². The second-order valence-electron chi connectivity index (χ2n) is 7.68. The number of halogens is 5. The van der Waals surface area contributed by atoms with Gasteiger partial charge in [0.2, 0.25) is 0 Å². The summed E-state index contributed by atoms with van der Waals surface area (Å²) >= 11 is 0. The summed E-state index contributed by atoms with van der Waals surface area (Å²) in [6.07, 6.45) is -4.17. The molecule has 1 N–H and O–H groups in total. The van der Waals surface area contributed by atoms with Crippen LogP contribution in [0.3, 0.4) is 0 Å². The van der Waals surface area contributed by atoms with Crippen molar-refractivity contribution in [1.29, 1.82) is 0 Å². The standard InChI is InChI=1S/C22H20F5N5O2/c23-16-2-1-3-17(24)20(16)21(33)28-12-19-30-29-18-8-9-31(10-11-32(18)19)13-14-4-6-15(7-5-14)34-22(25,26)27/h1-7H,8-13H2,(H,28,33). The Hall–Kier alpha value is -3.54. The molecule has 7 nitrogen and oxygen atoms in total. The van der Waals surface area contributed by atoms with Crippen LogP contribution >= 0.6 is 0 Å². The zero-order valence-electron chi connectivity index (χ0n) is 17.8. The lowest BCUT2D eigenvalue weighted by Gasteiger charge is -2.20. The van der Waals surface area contributed by atoms with Crippen LogP contribution < -0.4 is 10.1 Å². The fourth-order valence-corrected chi connectivity index (χ4v) is 3.73. The molecule has 0 fully saturated rings. The molecule has 180 valence electrons. The molecular weight excluding hydrogens is 461 g/mol. The van der Waals surface area contributed by atoms with Crippen molar-refractivity contribution >= 4 is 5.91 Å². The van der Waals surface area contributed by atoms with Crippen molar-refractivity contribution in [3.05, 3.63) is 76.9 Å². The second kappa shape index (κ2) is 9.75. The summed E-state index contributed by atoms with van der Waals surface area (Å²) in [5.41, 5.74) is 0.169. The maximum absolute atomic E-state index is 13.8. The molecule has 0 saturated heterocycles. The molecule has 34 heavy (non-hydrogen) atoms. The van der Waals surface area contributed by atoms with Crippen molar-refractivity contribution in [2.45, 2.75) is 32.4 Å². The van der Waals surface area contributed by atoms with Gasteiger partial charge in [-0.1, -0.05) is 18.2 Å². The van der Waals surface area contributed by atoms with Gasteiger partial charge in [-0.15, -0.1) is 23.4 Å². The van der Waals surface area contributed by atoms with Crippen LogP contribution in [0.2, 0.25) is 0 Å². The van der Waals surface area contributed by atoms with Gasteiger partial charge < -0.3 is 14.6 Å². The van der Waals surface area contributed by atoms with Gasteiger partial charge in [-0.3, -0.25) is 9.69 Å². The van der Waals surface area contributed by atoms with Crippen molar-refractivity contribution < 1.29 is 31.5 Å². The van der Waals surface area contributed by atoms with E-state index < -0.39 is 29.5 Å². The number of hydrogen-bond donors (Lipinski definition) is 1. The first kappa shape index (κ1) is 23.6. The fraction of sp³-hybridized carbons (Fsp3) is 0.318. The highest BCUT2D eigenvalue weighted by Crippen LogP contribution is 2.23. The summed E-state index contributed by atoms with van der Waals surface area (Å²) in [5.74, 6) is -1.91. The maximum Gasteiger partial charge on any atom is 0.573 e. The molecule has 1 aromatic heterocycles. The Bertz CT molecular complexity index is 1140. The number of amides is 1. The molecule has 0 radical (unpaired) electrons. The second-order valence-corrected chi connectivity index (χ2v) is 7.68. The molecule has 0 aliphatic carbocycles. The van der Waals surface area contributed by atoms with Gasteiger partial charge in [0.05, 0.1) is 6.54 Å². The molecular formula is C22H20F5N5O2. The van der Waals surface area contributed by atoms with Crippen LogP contribution in [0.4, 0.5) is 22.0 Å². The number of nitrogens with zero attached hydrogens (tertiary/aromatic N) is 4. The Balaban J connectivity index is 1.35. The Kier molecular flexibility index (Phi) is 6.77. The molecule has 1 aliphatic rings. The molecule has 4 rings (SSSR count). The molecule has 0 spiro atoms. The van der Waals surface area contributed by atoms with E-state index in [4.69, 9.17) is 0 Å². The molecule has 0 atom stereocenters. The number of carbonyl (C=O) groups excluding carboxylic acids is 1. The number of fused-ring (bicyclic) bond motifs is 1. The normalized spacial score (nSPS) is 14.4. The first-order valence-corrected chi connectivity index (χ1v) is 10.4. The SMILES string of the molecule is O=C(NCc1nnc2n1CCN(Cc1ccc(OC(F)(F)F)cc1)CC2)c1c(F)cccc1F. The van der Waals surface area contributed by atoms with E-state index in [1.54, 1.807) is 12.1 Å². The van der Waals surface area contributed by atoms with Crippen LogP contribution in [-0.4, -0.2) is 45.0 Å². The molecule has 0 bridgehead atoms. The molecule has 0 saturated carbocycles. The molecule has 2 aromatic carbocycles. The summed E-state index contributed by atoms with van der Waals surface area (Å²) in [4.78, 5) is 14.4. The highest BCUT2D eigenvalue weighted by atomic mass is 19.4. The van der Waals surface area contributed by atoms with Crippen LogP contribution in [-0.2, 0) is 26.1 Å². The third-order valence-electron chi connectivity index (χ3n) is 5.36. The minimum atomic E-state index is -4.73. The molecule has 1 amide bonds. The quantitative estimate of drug-likeness (QED) is 0.547. The van der Waals surface area contributed by atoms with Crippen LogP contribution in [0.25, 0.3) is 0 Å². The number of carbonyl (C=O) groups is 1. The first-order valence-electron chi connectivity index (χ1n) is 10.4. The number of hydrogen-bond acceptors (Lipinski definition) is 5. The van der Waals surface area contributed by atoms with Crippen molar-refractivity contribution in [2.24, 2.45) is 0 Å². The van der Waals surface area contributed by atoms with E-state index in [1.165, 1.54) is 18.2 Å². The van der Waals surface area contributed by atoms with Gasteiger partial charge in [0.25, 0.3) is 5.91 Å². The maximum atomic E-state index is 13.8. The summed E-state index contributed by atoms with van der Waals surface area (Å²) in [7, 11) is 0. The van der Waals surface area contributed by atoms with E-state index in [9.17, 15) is 26.7 Å². The van der Waals surface area contributed by atoms with Gasteiger partial charge in [-0.25, -0.2) is 8.78 Å². The molecule has 3 aromatic rings. The average molecular weight is 481 g/mol. The van der Waals surface area contributed by atoms with E-state index in [-0.39, 0.29) is 12.3 Å². The van der Waals surface area contributed by atoms with Crippen LogP contribution in [0.15, 0.2) is 42.5 Å². The topological polar surface area (TPSA) is 72.3 Å². The summed E-state index contributed by atoms with van der Waals surface area (Å²) in [6.45, 7) is 2.22. The summed E-state index contributed by atoms with van der Waals surface area (Å²) in [6, 6.07) is 8.89. The number of alkyl halides is 3. The third kappa shape index (κ3) is 5.68. The number of aromatic nitrogens is 3. The number of ether oxygens (including phenoxy) is 1. The predicted molar refractivity (Wildman–Crippen MR) is 110 cm³/mol. The minimum Gasteiger partial charge on any atom is -0.406 e. The third-order valence-corrected chi connectivity index (χ3v) is 5.36. The van der Waals surface area contributed by atoms with Gasteiger partial charge in [0, 0.05) is 32.6 Å². The highest BCUT2D eigenvalue weighted by molar-refractivity contribution is 5.94. The van der Waals surface area contributed by atoms with Gasteiger partial charge >= 0.3 is 6.36 Å². The minimum absolute atomic E-state index is 0.0553. The lowest BCUT2D eigenvalue weighted by atomic mass is 10.2. The zero-order chi connectivity index (χ0) is 24.3. The monoisotopic (exact) mass is 481 g/mol. The van der Waals surface area contributed by atoms with E-state index in [2.05, 4.69) is 25.2 Å². The van der Waals surface area contributed by atoms with Gasteiger partial charge in [0.15, 0.2) is 5.82 Å². The Labute approximate surface area is 191 Å². The van der Waals surface area contributed by atoms with Crippen molar-refractivity contribution in [1.82, 2.24) is 25.0 Å². The van der Waals surface area contributed by atoms with E-state index >= 15 is 0 Å². The fourth-order valence-electron chi connectivity index (χ4n) is 3.73. The number of benzene rings is 2. The summed E-state index contributed by atoms with van der Waals surface area (Å²) in [5, 5.41) is 10.7. The van der Waals surface area contributed by atoms with Gasteiger partial charge in [-0.05, 0) is 29.8 Å². The molecule has 12 heteroatoms. The predicted octanol–water partition coefficient (Wildman–Crippen LogP) is 3.44. The molecule has 0 unspecified atom stereocenters. The zero-order valence-corrected chi connectivity index (χ0v) is 17.8. The lowest BCUT2D eigenvalue weighted by Crippen LogP contribution is -2.28. The van der Waals surface area contributed by atoms with Gasteiger partial charge in [-0.2, -0.15) is 0 Å². The lowest BCUT2D eigenvalue weighted by molar-refractivity contribution is -0.274. The molecule has 1 aliphatic heterocycles. The van der Waals surface area contributed by atoms with Crippen molar-refractivity contribution in [3.8, 4) is 5.75 Å². The Morgan fingerprint density at radius 1 is 1.00 bits per heavy atom. The van der Waals surface area contributed by atoms with E-state index in [0.717, 1.165) is 17.7 Å². The average Bonchev–Trinajstić information content (AvgIpc) is 3.05. The van der Waals surface area contributed by atoms with Crippen LogP contribution in [0.1, 0.15) is 27.6 Å². The largest absolute Gasteiger partial charge is 0.573 e. The van der Waals surface area contributed by atoms with E-state index in [0.29, 0.717) is 44.2 Å². The molecule has 2 heterocycles. The first-order chi connectivity index (χ1) is 16.2. The van der Waals surface area contributed by atoms with Crippen LogP contribution in [0, 0.1) is 11.6 Å². The number of rotatable bonds is 6. The Morgan fingerprint density at radius 3 is 2.38 bits per heavy atom. The Morgan fingerprint density at radius 2 is 1.71 bits per heavy atom. The van der Waals surface area contributed by atoms with Crippen LogP contribution in [0.5, 0.6) is 5.75 Å². The van der Waals surface area contributed by atoms with Crippen molar-refractivity contribution in [2.75, 3.05) is 13.1 Å². The van der Waals surface area contributed by atoms with E-state index in [1.807, 2.05) is 4.57 Å². The highest BCUT2D eigenvalue weighted by Gasteiger charge is 2.31. The smallest absolute Gasteiger partial charge is 0.406 e. The van der Waals surface area contributed by atoms with Crippen molar-refractivity contribution in [3.63, 3.8) is 0 Å².